The number of aryl methyl sites for hydroxylation is 1. The molecule has 2 aromatic carbocycles. The molecule has 0 spiro atoms. The SMILES string of the molecule is CCN(CC)CCc1ccccc1CCCCC(=O)c1ccc(F)cc1. The summed E-state index contributed by atoms with van der Waals surface area (Å²) in [5, 5.41) is 0. The van der Waals surface area contributed by atoms with Gasteiger partial charge in [0.1, 0.15) is 5.82 Å². The smallest absolute Gasteiger partial charge is 0.162 e. The van der Waals surface area contributed by atoms with E-state index in [0.717, 1.165) is 45.3 Å². The molecule has 0 atom stereocenters. The van der Waals surface area contributed by atoms with Crippen molar-refractivity contribution < 1.29 is 9.18 Å². The molecule has 0 amide bonds. The molecule has 0 saturated carbocycles. The van der Waals surface area contributed by atoms with Crippen LogP contribution in [-0.4, -0.2) is 30.3 Å². The number of hydrogen-bond acceptors (Lipinski definition) is 2. The number of rotatable bonds is 11. The Morgan fingerprint density at radius 1 is 0.885 bits per heavy atom. The quantitative estimate of drug-likeness (QED) is 0.402. The normalized spacial score (nSPS) is 11.1. The molecule has 3 heteroatoms. The largest absolute Gasteiger partial charge is 0.304 e. The first-order valence-corrected chi connectivity index (χ1v) is 9.72. The summed E-state index contributed by atoms with van der Waals surface area (Å²) in [4.78, 5) is 14.6. The van der Waals surface area contributed by atoms with Crippen LogP contribution >= 0.6 is 0 Å². The third-order valence-corrected chi connectivity index (χ3v) is 4.98. The molecule has 140 valence electrons. The van der Waals surface area contributed by atoms with Crippen LogP contribution in [-0.2, 0) is 12.8 Å². The third-order valence-electron chi connectivity index (χ3n) is 4.98. The van der Waals surface area contributed by atoms with Gasteiger partial charge in [0, 0.05) is 18.5 Å². The van der Waals surface area contributed by atoms with Crippen LogP contribution in [0.5, 0.6) is 0 Å². The maximum atomic E-state index is 12.9. The fraction of sp³-hybridized carbons (Fsp3) is 0.435. The summed E-state index contributed by atoms with van der Waals surface area (Å²) in [6, 6.07) is 14.5. The van der Waals surface area contributed by atoms with Crippen LogP contribution < -0.4 is 0 Å². The molecule has 2 aromatic rings. The van der Waals surface area contributed by atoms with E-state index in [0.29, 0.717) is 12.0 Å². The van der Waals surface area contributed by atoms with Crippen LogP contribution in [0, 0.1) is 5.82 Å². The molecular weight excluding hydrogens is 325 g/mol. The molecule has 0 saturated heterocycles. The molecule has 26 heavy (non-hydrogen) atoms. The van der Waals surface area contributed by atoms with Gasteiger partial charge in [-0.3, -0.25) is 4.79 Å². The minimum Gasteiger partial charge on any atom is -0.304 e. The number of benzene rings is 2. The maximum absolute atomic E-state index is 12.9. The second kappa shape index (κ2) is 10.9. The fourth-order valence-electron chi connectivity index (χ4n) is 3.24. The van der Waals surface area contributed by atoms with Gasteiger partial charge in [0.15, 0.2) is 5.78 Å². The second-order valence-electron chi connectivity index (χ2n) is 6.68. The zero-order valence-corrected chi connectivity index (χ0v) is 16.0. The molecule has 2 rings (SSSR count). The number of nitrogens with zero attached hydrogens (tertiary/aromatic N) is 1. The van der Waals surface area contributed by atoms with Gasteiger partial charge in [-0.25, -0.2) is 4.39 Å². The molecule has 0 heterocycles. The maximum Gasteiger partial charge on any atom is 0.162 e. The number of hydrogen-bond donors (Lipinski definition) is 0. The van der Waals surface area contributed by atoms with Crippen molar-refractivity contribution in [3.05, 3.63) is 71.0 Å². The van der Waals surface area contributed by atoms with Crippen molar-refractivity contribution >= 4 is 5.78 Å². The molecule has 0 aromatic heterocycles. The molecular formula is C23H30FNO. The van der Waals surface area contributed by atoms with Crippen molar-refractivity contribution in [1.29, 1.82) is 0 Å². The Morgan fingerprint density at radius 2 is 1.50 bits per heavy atom. The first-order chi connectivity index (χ1) is 12.6. The number of carbonyl (C=O) groups is 1. The van der Waals surface area contributed by atoms with E-state index in [1.54, 1.807) is 12.1 Å². The van der Waals surface area contributed by atoms with E-state index in [9.17, 15) is 9.18 Å². The zero-order valence-electron chi connectivity index (χ0n) is 16.0. The predicted octanol–water partition coefficient (Wildman–Crippen LogP) is 5.31. The lowest BCUT2D eigenvalue weighted by molar-refractivity contribution is 0.0979. The van der Waals surface area contributed by atoms with Crippen molar-refractivity contribution in [1.82, 2.24) is 4.90 Å². The highest BCUT2D eigenvalue weighted by atomic mass is 19.1. The van der Waals surface area contributed by atoms with Gasteiger partial charge >= 0.3 is 0 Å². The lowest BCUT2D eigenvalue weighted by atomic mass is 9.97. The van der Waals surface area contributed by atoms with Crippen LogP contribution in [0.4, 0.5) is 4.39 Å². The summed E-state index contributed by atoms with van der Waals surface area (Å²) in [6.07, 6.45) is 4.46. The number of unbranched alkanes of at least 4 members (excludes halogenated alkanes) is 1. The Hall–Kier alpha value is -2.00. The molecule has 0 N–H and O–H groups in total. The van der Waals surface area contributed by atoms with Gasteiger partial charge in [-0.05, 0) is 74.2 Å². The van der Waals surface area contributed by atoms with E-state index >= 15 is 0 Å². The monoisotopic (exact) mass is 355 g/mol. The first-order valence-electron chi connectivity index (χ1n) is 9.72. The van der Waals surface area contributed by atoms with Gasteiger partial charge in [-0.15, -0.1) is 0 Å². The summed E-state index contributed by atoms with van der Waals surface area (Å²) in [5.74, 6) is -0.206. The lowest BCUT2D eigenvalue weighted by Crippen LogP contribution is -2.25. The molecule has 0 radical (unpaired) electrons. The third kappa shape index (κ3) is 6.38. The van der Waals surface area contributed by atoms with Crippen molar-refractivity contribution in [3.8, 4) is 0 Å². The predicted molar refractivity (Wildman–Crippen MR) is 106 cm³/mol. The average Bonchev–Trinajstić information content (AvgIpc) is 2.67. The van der Waals surface area contributed by atoms with Crippen molar-refractivity contribution in [3.63, 3.8) is 0 Å². The molecule has 0 bridgehead atoms. The van der Waals surface area contributed by atoms with E-state index in [4.69, 9.17) is 0 Å². The van der Waals surface area contributed by atoms with Gasteiger partial charge in [0.25, 0.3) is 0 Å². The number of Topliss-reactive ketones (excluding diaryl/α,β-unsaturated/α-hetero) is 1. The molecule has 0 aliphatic heterocycles. The van der Waals surface area contributed by atoms with Crippen molar-refractivity contribution in [2.75, 3.05) is 19.6 Å². The molecule has 0 aliphatic carbocycles. The first kappa shape index (κ1) is 20.3. The molecule has 0 aliphatic rings. The Morgan fingerprint density at radius 3 is 2.12 bits per heavy atom. The minimum absolute atomic E-state index is 0.0971. The highest BCUT2D eigenvalue weighted by Gasteiger charge is 2.08. The summed E-state index contributed by atoms with van der Waals surface area (Å²) in [5.41, 5.74) is 3.42. The highest BCUT2D eigenvalue weighted by Crippen LogP contribution is 2.15. The number of carbonyl (C=O) groups excluding carboxylic acids is 1. The van der Waals surface area contributed by atoms with E-state index in [2.05, 4.69) is 43.0 Å². The minimum atomic E-state index is -0.303. The van der Waals surface area contributed by atoms with Crippen LogP contribution in [0.1, 0.15) is 54.6 Å². The molecule has 2 nitrogen and oxygen atoms in total. The Balaban J connectivity index is 1.80. The number of ketones is 1. The lowest BCUT2D eigenvalue weighted by Gasteiger charge is -2.19. The highest BCUT2D eigenvalue weighted by molar-refractivity contribution is 5.95. The molecule has 0 fully saturated rings. The van der Waals surface area contributed by atoms with Gasteiger partial charge < -0.3 is 4.90 Å². The summed E-state index contributed by atoms with van der Waals surface area (Å²) in [7, 11) is 0. The topological polar surface area (TPSA) is 20.3 Å². The summed E-state index contributed by atoms with van der Waals surface area (Å²) >= 11 is 0. The van der Waals surface area contributed by atoms with Gasteiger partial charge in [0.2, 0.25) is 0 Å². The summed E-state index contributed by atoms with van der Waals surface area (Å²) in [6.45, 7) is 7.67. The van der Waals surface area contributed by atoms with Crippen LogP contribution in [0.3, 0.4) is 0 Å². The van der Waals surface area contributed by atoms with E-state index in [-0.39, 0.29) is 11.6 Å². The fourth-order valence-corrected chi connectivity index (χ4v) is 3.24. The van der Waals surface area contributed by atoms with Crippen LogP contribution in [0.2, 0.25) is 0 Å². The Bertz CT molecular complexity index is 677. The van der Waals surface area contributed by atoms with E-state index < -0.39 is 0 Å². The second-order valence-corrected chi connectivity index (χ2v) is 6.68. The van der Waals surface area contributed by atoms with Gasteiger partial charge in [0.05, 0.1) is 0 Å². The average molecular weight is 355 g/mol. The summed E-state index contributed by atoms with van der Waals surface area (Å²) < 4.78 is 12.9. The van der Waals surface area contributed by atoms with Crippen molar-refractivity contribution in [2.24, 2.45) is 0 Å². The number of halogens is 1. The van der Waals surface area contributed by atoms with Gasteiger partial charge in [-0.2, -0.15) is 0 Å². The standard InChI is InChI=1S/C23H30FNO/c1-3-25(4-2)18-17-20-11-6-5-9-19(20)10-7-8-12-23(26)21-13-15-22(24)16-14-21/h5-6,9,11,13-16H,3-4,7-8,10,12,17-18H2,1-2H3. The van der Waals surface area contributed by atoms with Crippen molar-refractivity contribution in [2.45, 2.75) is 46.0 Å². The van der Waals surface area contributed by atoms with Crippen LogP contribution in [0.25, 0.3) is 0 Å². The number of likely N-dealkylation sites (N-methyl/N-ethyl adjacent to an activating group) is 1. The molecule has 0 unspecified atom stereocenters. The van der Waals surface area contributed by atoms with Gasteiger partial charge in [-0.1, -0.05) is 38.1 Å². The Kier molecular flexibility index (Phi) is 8.49. The Labute approximate surface area is 157 Å². The van der Waals surface area contributed by atoms with Crippen LogP contribution in [0.15, 0.2) is 48.5 Å². The van der Waals surface area contributed by atoms with E-state index in [1.807, 2.05) is 0 Å². The zero-order chi connectivity index (χ0) is 18.8. The van der Waals surface area contributed by atoms with E-state index in [1.165, 1.54) is 23.3 Å².